The number of rotatable bonds is 1. The van der Waals surface area contributed by atoms with Gasteiger partial charge in [-0.1, -0.05) is 6.07 Å². The molecule has 3 aromatic rings. The smallest absolute Gasteiger partial charge is 0.106 e. The maximum atomic E-state index is 4.32. The second kappa shape index (κ2) is 4.06. The van der Waals surface area contributed by atoms with Crippen LogP contribution in [0.4, 0.5) is 0 Å². The summed E-state index contributed by atoms with van der Waals surface area (Å²) in [5.41, 5.74) is 4.08. The lowest BCUT2D eigenvalue weighted by Gasteiger charge is -2.00. The van der Waals surface area contributed by atoms with Crippen LogP contribution in [-0.2, 0) is 0 Å². The molecule has 1 N–H and O–H groups in total. The number of aromatic amines is 1. The van der Waals surface area contributed by atoms with E-state index in [2.05, 4.69) is 49.1 Å². The fourth-order valence-corrected chi connectivity index (χ4v) is 2.29. The summed E-state index contributed by atoms with van der Waals surface area (Å²) in [5.74, 6) is 0. The summed E-state index contributed by atoms with van der Waals surface area (Å²) in [6, 6.07) is 8.03. The van der Waals surface area contributed by atoms with Crippen LogP contribution in [0, 0.1) is 10.5 Å². The minimum atomic E-state index is 0.901. The Labute approximate surface area is 112 Å². The Morgan fingerprint density at radius 2 is 2.12 bits per heavy atom. The molecule has 0 aliphatic rings. The van der Waals surface area contributed by atoms with Crippen LogP contribution in [0.25, 0.3) is 22.2 Å². The van der Waals surface area contributed by atoms with E-state index >= 15 is 0 Å². The van der Waals surface area contributed by atoms with Gasteiger partial charge in [-0.15, -0.1) is 0 Å². The first-order valence-corrected chi connectivity index (χ1v) is 6.26. The van der Waals surface area contributed by atoms with Crippen LogP contribution in [0.1, 0.15) is 5.69 Å². The van der Waals surface area contributed by atoms with Crippen molar-refractivity contribution in [1.29, 1.82) is 0 Å². The summed E-state index contributed by atoms with van der Waals surface area (Å²) in [4.78, 5) is 0. The Balaban J connectivity index is 2.21. The number of nitrogens with zero attached hydrogens (tertiary/aromatic N) is 3. The van der Waals surface area contributed by atoms with Gasteiger partial charge in [-0.05, 0) is 47.7 Å². The minimum absolute atomic E-state index is 0.901. The molecule has 0 spiro atoms. The molecule has 0 saturated carbocycles. The summed E-state index contributed by atoms with van der Waals surface area (Å²) < 4.78 is 1.16. The lowest BCUT2D eigenvalue weighted by atomic mass is 10.1. The van der Waals surface area contributed by atoms with Crippen LogP contribution in [0.2, 0.25) is 0 Å². The van der Waals surface area contributed by atoms with Gasteiger partial charge in [0.15, 0.2) is 0 Å². The fraction of sp³-hybridized carbons (Fsp3) is 0.0833. The van der Waals surface area contributed by atoms with Crippen LogP contribution in [-0.4, -0.2) is 20.4 Å². The monoisotopic (exact) mass is 336 g/mol. The number of hydrogen-bond acceptors (Lipinski definition) is 3. The topological polar surface area (TPSA) is 54.5 Å². The van der Waals surface area contributed by atoms with Crippen molar-refractivity contribution in [3.8, 4) is 11.3 Å². The Kier molecular flexibility index (Phi) is 2.54. The van der Waals surface area contributed by atoms with Crippen LogP contribution in [0.5, 0.6) is 0 Å². The number of aryl methyl sites for hydroxylation is 1. The van der Waals surface area contributed by atoms with Gasteiger partial charge in [0.05, 0.1) is 15.3 Å². The maximum Gasteiger partial charge on any atom is 0.106 e. The zero-order valence-electron chi connectivity index (χ0n) is 9.11. The molecule has 1 aromatic carbocycles. The molecule has 5 heteroatoms. The predicted octanol–water partition coefficient (Wildman–Crippen LogP) is 2.93. The highest BCUT2D eigenvalue weighted by molar-refractivity contribution is 14.1. The number of benzene rings is 1. The summed E-state index contributed by atoms with van der Waals surface area (Å²) in [6.45, 7) is 2.02. The lowest BCUT2D eigenvalue weighted by Crippen LogP contribution is -1.85. The van der Waals surface area contributed by atoms with Gasteiger partial charge < -0.3 is 0 Å². The van der Waals surface area contributed by atoms with Crippen molar-refractivity contribution in [1.82, 2.24) is 20.4 Å². The first-order valence-electron chi connectivity index (χ1n) is 5.18. The summed E-state index contributed by atoms with van der Waals surface area (Å²) in [5, 5.41) is 16.3. The van der Waals surface area contributed by atoms with Gasteiger partial charge >= 0.3 is 0 Å². The summed E-state index contributed by atoms with van der Waals surface area (Å²) in [6.07, 6.45) is 1.70. The van der Waals surface area contributed by atoms with Crippen LogP contribution in [0.15, 0.2) is 30.5 Å². The predicted molar refractivity (Wildman–Crippen MR) is 74.6 cm³/mol. The molecule has 4 nitrogen and oxygen atoms in total. The Morgan fingerprint density at radius 3 is 2.88 bits per heavy atom. The Bertz CT molecular complexity index is 690. The molecule has 84 valence electrons. The highest BCUT2D eigenvalue weighted by Crippen LogP contribution is 2.27. The molecule has 0 unspecified atom stereocenters. The first-order chi connectivity index (χ1) is 8.25. The van der Waals surface area contributed by atoms with Crippen molar-refractivity contribution in [3.05, 3.63) is 39.7 Å². The zero-order valence-corrected chi connectivity index (χ0v) is 11.3. The quantitative estimate of drug-likeness (QED) is 0.695. The van der Waals surface area contributed by atoms with Gasteiger partial charge in [0.2, 0.25) is 0 Å². The minimum Gasteiger partial charge on any atom is -0.281 e. The van der Waals surface area contributed by atoms with E-state index in [1.54, 1.807) is 6.20 Å². The van der Waals surface area contributed by atoms with Gasteiger partial charge in [0.1, 0.15) is 5.69 Å². The summed E-state index contributed by atoms with van der Waals surface area (Å²) in [7, 11) is 0. The van der Waals surface area contributed by atoms with Gasteiger partial charge in [0.25, 0.3) is 0 Å². The van der Waals surface area contributed by atoms with E-state index in [4.69, 9.17) is 0 Å². The second-order valence-corrected chi connectivity index (χ2v) is 4.89. The molecule has 0 atom stereocenters. The van der Waals surface area contributed by atoms with Crippen LogP contribution in [0.3, 0.4) is 0 Å². The van der Waals surface area contributed by atoms with E-state index in [0.29, 0.717) is 0 Å². The van der Waals surface area contributed by atoms with E-state index in [9.17, 15) is 0 Å². The standard InChI is InChI=1S/C12H9IN4/c1-7-11(13)12(17-15-7)9-2-3-10-8(6-9)4-5-14-16-10/h2-6H,1H3,(H,15,17). The van der Waals surface area contributed by atoms with E-state index in [1.807, 2.05) is 25.1 Å². The third-order valence-electron chi connectivity index (χ3n) is 2.66. The molecular formula is C12H9IN4. The molecule has 2 heterocycles. The molecule has 3 rings (SSSR count). The molecule has 0 aliphatic heterocycles. The molecule has 0 bridgehead atoms. The number of hydrogen-bond donors (Lipinski definition) is 1. The lowest BCUT2D eigenvalue weighted by molar-refractivity contribution is 1.05. The van der Waals surface area contributed by atoms with Crippen molar-refractivity contribution in [3.63, 3.8) is 0 Å². The highest BCUT2D eigenvalue weighted by Gasteiger charge is 2.09. The van der Waals surface area contributed by atoms with Gasteiger partial charge in [-0.3, -0.25) is 5.10 Å². The Morgan fingerprint density at radius 1 is 1.24 bits per heavy atom. The van der Waals surface area contributed by atoms with Crippen LogP contribution < -0.4 is 0 Å². The van der Waals surface area contributed by atoms with Crippen molar-refractivity contribution in [2.45, 2.75) is 6.92 Å². The highest BCUT2D eigenvalue weighted by atomic mass is 127. The SMILES string of the molecule is Cc1[nH]nc(-c2ccc3nnccc3c2)c1I. The third kappa shape index (κ3) is 1.80. The average molecular weight is 336 g/mol. The molecule has 0 radical (unpaired) electrons. The third-order valence-corrected chi connectivity index (χ3v) is 3.98. The second-order valence-electron chi connectivity index (χ2n) is 3.82. The van der Waals surface area contributed by atoms with Crippen molar-refractivity contribution < 1.29 is 0 Å². The number of H-pyrrole nitrogens is 1. The largest absolute Gasteiger partial charge is 0.281 e. The first kappa shape index (κ1) is 10.6. The molecule has 17 heavy (non-hydrogen) atoms. The zero-order chi connectivity index (χ0) is 11.8. The van der Waals surface area contributed by atoms with E-state index in [0.717, 1.165) is 31.4 Å². The van der Waals surface area contributed by atoms with Crippen molar-refractivity contribution >= 4 is 33.5 Å². The molecule has 0 saturated heterocycles. The molecule has 0 aliphatic carbocycles. The van der Waals surface area contributed by atoms with E-state index < -0.39 is 0 Å². The molecule has 0 amide bonds. The number of fused-ring (bicyclic) bond motifs is 1. The normalized spacial score (nSPS) is 10.9. The average Bonchev–Trinajstić information content (AvgIpc) is 2.70. The van der Waals surface area contributed by atoms with Gasteiger partial charge in [-0.2, -0.15) is 15.3 Å². The van der Waals surface area contributed by atoms with Crippen molar-refractivity contribution in [2.75, 3.05) is 0 Å². The molecule has 0 fully saturated rings. The number of halogens is 1. The van der Waals surface area contributed by atoms with Crippen molar-refractivity contribution in [2.24, 2.45) is 0 Å². The van der Waals surface area contributed by atoms with Gasteiger partial charge in [-0.25, -0.2) is 0 Å². The number of aromatic nitrogens is 4. The van der Waals surface area contributed by atoms with Gasteiger partial charge in [0, 0.05) is 16.6 Å². The Hall–Kier alpha value is -1.50. The van der Waals surface area contributed by atoms with E-state index in [-0.39, 0.29) is 0 Å². The fourth-order valence-electron chi connectivity index (χ4n) is 1.74. The van der Waals surface area contributed by atoms with E-state index in [1.165, 1.54) is 0 Å². The van der Waals surface area contributed by atoms with Crippen LogP contribution >= 0.6 is 22.6 Å². The number of nitrogens with one attached hydrogen (secondary N) is 1. The molecular weight excluding hydrogens is 327 g/mol. The maximum absolute atomic E-state index is 4.32. The molecule has 2 aromatic heterocycles. The summed E-state index contributed by atoms with van der Waals surface area (Å²) >= 11 is 2.31.